The second-order valence-electron chi connectivity index (χ2n) is 6.26. The molecule has 0 aliphatic heterocycles. The molecular formula is C20H23N3OS. The normalized spacial score (nSPS) is 11.2. The van der Waals surface area contributed by atoms with Gasteiger partial charge in [0.05, 0.1) is 23.3 Å². The van der Waals surface area contributed by atoms with Crippen molar-refractivity contribution in [3.63, 3.8) is 0 Å². The van der Waals surface area contributed by atoms with Gasteiger partial charge >= 0.3 is 0 Å². The van der Waals surface area contributed by atoms with Gasteiger partial charge in [-0.25, -0.2) is 4.98 Å². The maximum atomic E-state index is 12.4. The van der Waals surface area contributed by atoms with Crippen LogP contribution in [0.1, 0.15) is 23.1 Å². The predicted octanol–water partition coefficient (Wildman–Crippen LogP) is 4.24. The van der Waals surface area contributed by atoms with E-state index in [1.54, 1.807) is 11.3 Å². The summed E-state index contributed by atoms with van der Waals surface area (Å²) in [6.45, 7) is 5.14. The molecule has 2 aromatic carbocycles. The molecular weight excluding hydrogens is 330 g/mol. The quantitative estimate of drug-likeness (QED) is 0.721. The highest BCUT2D eigenvalue weighted by molar-refractivity contribution is 7.18. The number of amides is 1. The molecule has 1 N–H and O–H groups in total. The lowest BCUT2D eigenvalue weighted by molar-refractivity contribution is -0.117. The summed E-state index contributed by atoms with van der Waals surface area (Å²) >= 11 is 1.68. The van der Waals surface area contributed by atoms with Gasteiger partial charge in [-0.1, -0.05) is 37.3 Å². The number of anilines is 1. The highest BCUT2D eigenvalue weighted by atomic mass is 32.1. The third kappa shape index (κ3) is 4.24. The highest BCUT2D eigenvalue weighted by Crippen LogP contribution is 2.23. The maximum absolute atomic E-state index is 12.4. The molecule has 5 heteroatoms. The maximum Gasteiger partial charge on any atom is 0.238 e. The van der Waals surface area contributed by atoms with E-state index >= 15 is 0 Å². The Morgan fingerprint density at radius 3 is 2.76 bits per heavy atom. The van der Waals surface area contributed by atoms with Gasteiger partial charge < -0.3 is 5.32 Å². The van der Waals surface area contributed by atoms with Crippen LogP contribution >= 0.6 is 11.3 Å². The molecule has 130 valence electrons. The van der Waals surface area contributed by atoms with E-state index in [9.17, 15) is 4.79 Å². The first-order valence-corrected chi connectivity index (χ1v) is 9.29. The van der Waals surface area contributed by atoms with Gasteiger partial charge in [-0.2, -0.15) is 0 Å². The number of benzene rings is 2. The van der Waals surface area contributed by atoms with Crippen LogP contribution in [0.2, 0.25) is 0 Å². The highest BCUT2D eigenvalue weighted by Gasteiger charge is 2.12. The minimum absolute atomic E-state index is 0.00705. The lowest BCUT2D eigenvalue weighted by Crippen LogP contribution is -2.30. The average molecular weight is 353 g/mol. The summed E-state index contributed by atoms with van der Waals surface area (Å²) < 4.78 is 1.18. The third-order valence-corrected chi connectivity index (χ3v) is 5.18. The number of aromatic nitrogens is 1. The van der Waals surface area contributed by atoms with E-state index in [2.05, 4.69) is 29.4 Å². The number of hydrogen-bond acceptors (Lipinski definition) is 4. The summed E-state index contributed by atoms with van der Waals surface area (Å²) in [5.41, 5.74) is 4.24. The first kappa shape index (κ1) is 17.6. The van der Waals surface area contributed by atoms with Gasteiger partial charge in [0, 0.05) is 5.69 Å². The zero-order chi connectivity index (χ0) is 17.8. The van der Waals surface area contributed by atoms with Crippen LogP contribution in [-0.2, 0) is 17.8 Å². The van der Waals surface area contributed by atoms with E-state index in [1.165, 1.54) is 10.3 Å². The van der Waals surface area contributed by atoms with Gasteiger partial charge in [0.1, 0.15) is 5.01 Å². The van der Waals surface area contributed by atoms with Gasteiger partial charge in [0.15, 0.2) is 0 Å². The van der Waals surface area contributed by atoms with Crippen molar-refractivity contribution in [2.24, 2.45) is 0 Å². The van der Waals surface area contributed by atoms with Crippen LogP contribution in [0.25, 0.3) is 10.2 Å². The fraction of sp³-hybridized carbons (Fsp3) is 0.300. The zero-order valence-electron chi connectivity index (χ0n) is 14.9. The number of hydrogen-bond donors (Lipinski definition) is 1. The monoisotopic (exact) mass is 353 g/mol. The molecule has 0 atom stereocenters. The van der Waals surface area contributed by atoms with E-state index in [0.717, 1.165) is 28.2 Å². The second-order valence-corrected chi connectivity index (χ2v) is 7.37. The minimum atomic E-state index is 0.00705. The number of carbonyl (C=O) groups excluding carboxylic acids is 1. The fourth-order valence-electron chi connectivity index (χ4n) is 2.90. The van der Waals surface area contributed by atoms with Crippen molar-refractivity contribution in [1.29, 1.82) is 0 Å². The van der Waals surface area contributed by atoms with Crippen molar-refractivity contribution in [3.8, 4) is 0 Å². The number of fused-ring (bicyclic) bond motifs is 1. The summed E-state index contributed by atoms with van der Waals surface area (Å²) in [6, 6.07) is 14.2. The summed E-state index contributed by atoms with van der Waals surface area (Å²) in [5.74, 6) is 0.00705. The Kier molecular flexibility index (Phi) is 5.46. The second kappa shape index (κ2) is 7.76. The number of thiazole rings is 1. The van der Waals surface area contributed by atoms with Gasteiger partial charge in [0.2, 0.25) is 5.91 Å². The number of nitrogens with zero attached hydrogens (tertiary/aromatic N) is 2. The summed E-state index contributed by atoms with van der Waals surface area (Å²) in [6.07, 6.45) is 0.902. The van der Waals surface area contributed by atoms with Crippen molar-refractivity contribution in [3.05, 3.63) is 58.6 Å². The number of likely N-dealkylation sites (N-methyl/N-ethyl adjacent to an activating group) is 1. The first-order valence-electron chi connectivity index (χ1n) is 8.48. The van der Waals surface area contributed by atoms with E-state index in [-0.39, 0.29) is 5.91 Å². The lowest BCUT2D eigenvalue weighted by atomic mass is 10.1. The number of carbonyl (C=O) groups is 1. The molecule has 3 aromatic rings. The molecule has 0 unspecified atom stereocenters. The van der Waals surface area contributed by atoms with Crippen LogP contribution in [-0.4, -0.2) is 29.4 Å². The molecule has 0 radical (unpaired) electrons. The van der Waals surface area contributed by atoms with Crippen LogP contribution in [0, 0.1) is 6.92 Å². The predicted molar refractivity (Wildman–Crippen MR) is 105 cm³/mol. The van der Waals surface area contributed by atoms with Crippen molar-refractivity contribution in [1.82, 2.24) is 9.88 Å². The van der Waals surface area contributed by atoms with Crippen LogP contribution in [0.3, 0.4) is 0 Å². The summed E-state index contributed by atoms with van der Waals surface area (Å²) in [5, 5.41) is 4.10. The molecule has 1 aromatic heterocycles. The van der Waals surface area contributed by atoms with E-state index in [4.69, 9.17) is 0 Å². The van der Waals surface area contributed by atoms with E-state index in [1.807, 2.05) is 49.2 Å². The van der Waals surface area contributed by atoms with Crippen LogP contribution in [0.15, 0.2) is 42.5 Å². The Balaban J connectivity index is 1.63. The standard InChI is InChI=1S/C20H23N3OS/c1-4-15-9-7-8-14(2)20(15)22-18(24)12-23(3)13-19-21-16-10-5-6-11-17(16)25-19/h5-11H,4,12-13H2,1-3H3,(H,22,24). The van der Waals surface area contributed by atoms with Crippen molar-refractivity contribution in [2.45, 2.75) is 26.8 Å². The molecule has 0 aliphatic carbocycles. The molecule has 4 nitrogen and oxygen atoms in total. The molecule has 1 heterocycles. The van der Waals surface area contributed by atoms with Gasteiger partial charge in [-0.05, 0) is 43.7 Å². The third-order valence-electron chi connectivity index (χ3n) is 4.16. The summed E-state index contributed by atoms with van der Waals surface area (Å²) in [7, 11) is 1.95. The SMILES string of the molecule is CCc1cccc(C)c1NC(=O)CN(C)Cc1nc2ccccc2s1. The number of rotatable bonds is 6. The van der Waals surface area contributed by atoms with E-state index < -0.39 is 0 Å². The Morgan fingerprint density at radius 2 is 2.00 bits per heavy atom. The molecule has 0 saturated carbocycles. The molecule has 0 saturated heterocycles. The Labute approximate surface area is 152 Å². The first-order chi connectivity index (χ1) is 12.1. The smallest absolute Gasteiger partial charge is 0.238 e. The molecule has 0 bridgehead atoms. The average Bonchev–Trinajstić information content (AvgIpc) is 2.98. The Hall–Kier alpha value is -2.24. The van der Waals surface area contributed by atoms with Crippen LogP contribution in [0.5, 0.6) is 0 Å². The Bertz CT molecular complexity index is 855. The van der Waals surface area contributed by atoms with Crippen molar-refractivity contribution >= 4 is 33.1 Å². The number of aryl methyl sites for hydroxylation is 2. The van der Waals surface area contributed by atoms with Crippen molar-refractivity contribution in [2.75, 3.05) is 18.9 Å². The van der Waals surface area contributed by atoms with Gasteiger partial charge in [-0.15, -0.1) is 11.3 Å². The number of para-hydroxylation sites is 2. The topological polar surface area (TPSA) is 45.2 Å². The van der Waals surface area contributed by atoms with E-state index in [0.29, 0.717) is 13.1 Å². The van der Waals surface area contributed by atoms with Crippen LogP contribution < -0.4 is 5.32 Å². The van der Waals surface area contributed by atoms with Crippen molar-refractivity contribution < 1.29 is 4.79 Å². The summed E-state index contributed by atoms with van der Waals surface area (Å²) in [4.78, 5) is 19.1. The molecule has 3 rings (SSSR count). The molecule has 0 spiro atoms. The molecule has 0 fully saturated rings. The van der Waals surface area contributed by atoms with Crippen LogP contribution in [0.4, 0.5) is 5.69 Å². The lowest BCUT2D eigenvalue weighted by Gasteiger charge is -2.17. The zero-order valence-corrected chi connectivity index (χ0v) is 15.7. The largest absolute Gasteiger partial charge is 0.324 e. The Morgan fingerprint density at radius 1 is 1.20 bits per heavy atom. The molecule has 25 heavy (non-hydrogen) atoms. The minimum Gasteiger partial charge on any atom is -0.324 e. The number of nitrogens with one attached hydrogen (secondary N) is 1. The molecule has 1 amide bonds. The van der Waals surface area contributed by atoms with Gasteiger partial charge in [0.25, 0.3) is 0 Å². The fourth-order valence-corrected chi connectivity index (χ4v) is 3.95. The van der Waals surface area contributed by atoms with Gasteiger partial charge in [-0.3, -0.25) is 9.69 Å². The molecule has 0 aliphatic rings.